The maximum atomic E-state index is 12.0. The Balaban J connectivity index is 1.64. The fourth-order valence-corrected chi connectivity index (χ4v) is 3.62. The molecule has 0 saturated heterocycles. The number of nitrogens with zero attached hydrogens (tertiary/aromatic N) is 3. The molecule has 1 atom stereocenters. The maximum Gasteiger partial charge on any atom is 0.236 e. The quantitative estimate of drug-likeness (QED) is 0.714. The standard InChI is InChI=1S/C19H22N4O3S/c1-26-10-11-27(24,25)23-19-6-2-5-18(22-19)16-12-17(21-14-16)8-7-15-4-3-9-20-13-15/h2-6,9,12-14,17H,7-8,10-11H2,1H3,(H,22,23). The lowest BCUT2D eigenvalue weighted by atomic mass is 10.1. The number of allylic oxidation sites excluding steroid dienone is 1. The molecule has 0 spiro atoms. The van der Waals surface area contributed by atoms with E-state index in [-0.39, 0.29) is 24.2 Å². The van der Waals surface area contributed by atoms with Crippen molar-refractivity contribution >= 4 is 27.6 Å². The summed E-state index contributed by atoms with van der Waals surface area (Å²) in [7, 11) is -2.02. The van der Waals surface area contributed by atoms with E-state index in [1.54, 1.807) is 24.5 Å². The van der Waals surface area contributed by atoms with E-state index in [1.807, 2.05) is 18.3 Å². The average Bonchev–Trinajstić information content (AvgIpc) is 3.15. The van der Waals surface area contributed by atoms with Crippen molar-refractivity contribution in [2.24, 2.45) is 4.99 Å². The zero-order valence-corrected chi connectivity index (χ0v) is 15.9. The van der Waals surface area contributed by atoms with Crippen LogP contribution in [0.2, 0.25) is 0 Å². The van der Waals surface area contributed by atoms with Gasteiger partial charge in [0, 0.05) is 31.3 Å². The van der Waals surface area contributed by atoms with Crippen molar-refractivity contribution in [3.63, 3.8) is 0 Å². The van der Waals surface area contributed by atoms with Crippen LogP contribution in [0, 0.1) is 0 Å². The van der Waals surface area contributed by atoms with Gasteiger partial charge in [0.05, 0.1) is 24.1 Å². The molecule has 0 fully saturated rings. The fourth-order valence-electron chi connectivity index (χ4n) is 2.70. The van der Waals surface area contributed by atoms with Crippen LogP contribution in [0.15, 0.2) is 53.8 Å². The lowest BCUT2D eigenvalue weighted by Gasteiger charge is -2.08. The SMILES string of the molecule is COCCS(=O)(=O)Nc1cccc(C2=CC(CCc3cccnc3)N=C2)n1. The third-order valence-electron chi connectivity index (χ3n) is 4.09. The molecular formula is C19H22N4O3S. The summed E-state index contributed by atoms with van der Waals surface area (Å²) in [6.07, 6.45) is 9.25. The van der Waals surface area contributed by atoms with Gasteiger partial charge in [-0.2, -0.15) is 0 Å². The highest BCUT2D eigenvalue weighted by molar-refractivity contribution is 7.92. The molecular weight excluding hydrogens is 364 g/mol. The molecule has 2 aromatic rings. The van der Waals surface area contributed by atoms with Crippen LogP contribution in [0.3, 0.4) is 0 Å². The lowest BCUT2D eigenvalue weighted by Crippen LogP contribution is -2.20. The second-order valence-corrected chi connectivity index (χ2v) is 8.03. The minimum absolute atomic E-state index is 0.0871. The topological polar surface area (TPSA) is 93.5 Å². The molecule has 0 bridgehead atoms. The van der Waals surface area contributed by atoms with E-state index in [0.717, 1.165) is 18.4 Å². The summed E-state index contributed by atoms with van der Waals surface area (Å²) >= 11 is 0. The van der Waals surface area contributed by atoms with E-state index in [1.165, 1.54) is 12.7 Å². The van der Waals surface area contributed by atoms with E-state index in [4.69, 9.17) is 4.74 Å². The second kappa shape index (κ2) is 8.88. The minimum Gasteiger partial charge on any atom is -0.384 e. The summed E-state index contributed by atoms with van der Waals surface area (Å²) < 4.78 is 31.3. The van der Waals surface area contributed by atoms with Gasteiger partial charge in [-0.3, -0.25) is 14.7 Å². The normalized spacial score (nSPS) is 16.3. The zero-order valence-electron chi connectivity index (χ0n) is 15.1. The molecule has 1 N–H and O–H groups in total. The first-order valence-electron chi connectivity index (χ1n) is 8.66. The van der Waals surface area contributed by atoms with Gasteiger partial charge in [-0.1, -0.05) is 12.1 Å². The molecule has 0 aliphatic carbocycles. The van der Waals surface area contributed by atoms with Gasteiger partial charge in [0.15, 0.2) is 0 Å². The van der Waals surface area contributed by atoms with Crippen LogP contribution in [-0.2, 0) is 21.2 Å². The van der Waals surface area contributed by atoms with Crippen molar-refractivity contribution in [1.29, 1.82) is 0 Å². The van der Waals surface area contributed by atoms with Crippen molar-refractivity contribution in [2.75, 3.05) is 24.2 Å². The Labute approximate surface area is 159 Å². The Kier molecular flexibility index (Phi) is 6.31. The second-order valence-electron chi connectivity index (χ2n) is 6.19. The number of aryl methyl sites for hydroxylation is 1. The number of hydrogen-bond acceptors (Lipinski definition) is 6. The van der Waals surface area contributed by atoms with Crippen molar-refractivity contribution in [3.05, 3.63) is 60.1 Å². The summed E-state index contributed by atoms with van der Waals surface area (Å²) in [6, 6.07) is 9.31. The number of anilines is 1. The first-order chi connectivity index (χ1) is 13.1. The first-order valence-corrected chi connectivity index (χ1v) is 10.3. The smallest absolute Gasteiger partial charge is 0.236 e. The Morgan fingerprint density at radius 1 is 1.22 bits per heavy atom. The third kappa shape index (κ3) is 5.70. The highest BCUT2D eigenvalue weighted by Crippen LogP contribution is 2.21. The van der Waals surface area contributed by atoms with Crippen molar-refractivity contribution in [1.82, 2.24) is 9.97 Å². The molecule has 3 heterocycles. The predicted octanol–water partition coefficient (Wildman–Crippen LogP) is 2.33. The largest absolute Gasteiger partial charge is 0.384 e. The van der Waals surface area contributed by atoms with Crippen LogP contribution in [0.1, 0.15) is 17.7 Å². The van der Waals surface area contributed by atoms with Gasteiger partial charge in [-0.05, 0) is 42.7 Å². The van der Waals surface area contributed by atoms with Crippen molar-refractivity contribution in [3.8, 4) is 0 Å². The van der Waals surface area contributed by atoms with Crippen LogP contribution >= 0.6 is 0 Å². The van der Waals surface area contributed by atoms with E-state index < -0.39 is 10.0 Å². The summed E-state index contributed by atoms with van der Waals surface area (Å²) in [5.41, 5.74) is 2.76. The van der Waals surface area contributed by atoms with Gasteiger partial charge < -0.3 is 4.74 Å². The Hall–Kier alpha value is -2.58. The van der Waals surface area contributed by atoms with Crippen LogP contribution in [0.5, 0.6) is 0 Å². The molecule has 1 unspecified atom stereocenters. The number of ether oxygens (including phenoxy) is 1. The number of nitrogens with one attached hydrogen (secondary N) is 1. The molecule has 1 aliphatic heterocycles. The monoisotopic (exact) mass is 386 g/mol. The molecule has 27 heavy (non-hydrogen) atoms. The molecule has 7 nitrogen and oxygen atoms in total. The highest BCUT2D eigenvalue weighted by atomic mass is 32.2. The van der Waals surface area contributed by atoms with Gasteiger partial charge in [0.25, 0.3) is 0 Å². The number of aliphatic imine (C=N–C) groups is 1. The average molecular weight is 386 g/mol. The number of methoxy groups -OCH3 is 1. The van der Waals surface area contributed by atoms with Gasteiger partial charge in [0.1, 0.15) is 5.82 Å². The number of hydrogen-bond donors (Lipinski definition) is 1. The molecule has 8 heteroatoms. The molecule has 142 valence electrons. The number of rotatable bonds is 9. The predicted molar refractivity (Wildman–Crippen MR) is 106 cm³/mol. The van der Waals surface area contributed by atoms with Crippen LogP contribution in [0.25, 0.3) is 5.57 Å². The molecule has 0 amide bonds. The summed E-state index contributed by atoms with van der Waals surface area (Å²) in [5.74, 6) is 0.174. The molecule has 2 aromatic heterocycles. The van der Waals surface area contributed by atoms with Crippen molar-refractivity contribution in [2.45, 2.75) is 18.9 Å². The molecule has 0 aromatic carbocycles. The minimum atomic E-state index is -3.48. The third-order valence-corrected chi connectivity index (χ3v) is 5.31. The molecule has 3 rings (SSSR count). The number of pyridine rings is 2. The van der Waals surface area contributed by atoms with Gasteiger partial charge >= 0.3 is 0 Å². The Morgan fingerprint density at radius 2 is 2.11 bits per heavy atom. The van der Waals surface area contributed by atoms with Gasteiger partial charge in [-0.25, -0.2) is 13.4 Å². The van der Waals surface area contributed by atoms with Gasteiger partial charge in [-0.15, -0.1) is 0 Å². The molecule has 0 saturated carbocycles. The maximum absolute atomic E-state index is 12.0. The molecule has 0 radical (unpaired) electrons. The highest BCUT2D eigenvalue weighted by Gasteiger charge is 2.15. The van der Waals surface area contributed by atoms with Crippen LogP contribution in [0.4, 0.5) is 5.82 Å². The van der Waals surface area contributed by atoms with E-state index in [0.29, 0.717) is 5.69 Å². The molecule has 1 aliphatic rings. The van der Waals surface area contributed by atoms with E-state index >= 15 is 0 Å². The fraction of sp³-hybridized carbons (Fsp3) is 0.316. The number of aromatic nitrogens is 2. The van der Waals surface area contributed by atoms with Gasteiger partial charge in [0.2, 0.25) is 10.0 Å². The number of sulfonamides is 1. The Morgan fingerprint density at radius 3 is 2.89 bits per heavy atom. The Bertz CT molecular complexity index is 927. The van der Waals surface area contributed by atoms with Crippen LogP contribution < -0.4 is 4.72 Å². The summed E-state index contributed by atoms with van der Waals surface area (Å²) in [4.78, 5) is 13.0. The lowest BCUT2D eigenvalue weighted by molar-refractivity contribution is 0.217. The van der Waals surface area contributed by atoms with E-state index in [9.17, 15) is 8.42 Å². The van der Waals surface area contributed by atoms with Crippen molar-refractivity contribution < 1.29 is 13.2 Å². The van der Waals surface area contributed by atoms with Crippen LogP contribution in [-0.4, -0.2) is 50.1 Å². The summed E-state index contributed by atoms with van der Waals surface area (Å²) in [6.45, 7) is 0.130. The zero-order chi connectivity index (χ0) is 19.1. The summed E-state index contributed by atoms with van der Waals surface area (Å²) in [5, 5.41) is 0. The first kappa shape index (κ1) is 19.2. The van der Waals surface area contributed by atoms with E-state index in [2.05, 4.69) is 31.8 Å².